The van der Waals surface area contributed by atoms with Crippen LogP contribution < -0.4 is 4.74 Å². The lowest BCUT2D eigenvalue weighted by Gasteiger charge is -2.45. The van der Waals surface area contributed by atoms with Gasteiger partial charge >= 0.3 is 6.09 Å². The van der Waals surface area contributed by atoms with Gasteiger partial charge < -0.3 is 19.6 Å². The van der Waals surface area contributed by atoms with E-state index in [9.17, 15) is 9.90 Å². The highest BCUT2D eigenvalue weighted by atomic mass is 16.5. The van der Waals surface area contributed by atoms with E-state index in [1.54, 1.807) is 12.0 Å². The summed E-state index contributed by atoms with van der Waals surface area (Å²) in [6.07, 6.45) is 4.28. The zero-order chi connectivity index (χ0) is 25.7. The van der Waals surface area contributed by atoms with Gasteiger partial charge in [-0.3, -0.25) is 0 Å². The van der Waals surface area contributed by atoms with Crippen LogP contribution in [0, 0.1) is 0 Å². The second-order valence-electron chi connectivity index (χ2n) is 10.9. The van der Waals surface area contributed by atoms with Crippen LogP contribution in [0.3, 0.4) is 0 Å². The Bertz CT molecular complexity index is 1150. The molecule has 1 amide bonds. The van der Waals surface area contributed by atoms with Gasteiger partial charge in [0.1, 0.15) is 5.75 Å². The number of piperidine rings is 1. The molecule has 194 valence electrons. The number of likely N-dealkylation sites (tertiary alicyclic amines) is 1. The number of rotatable bonds is 10. The topological polar surface area (TPSA) is 53.0 Å². The molecule has 3 aromatic carbocycles. The summed E-state index contributed by atoms with van der Waals surface area (Å²) in [4.78, 5) is 16.6. The zero-order valence-corrected chi connectivity index (χ0v) is 21.8. The first-order valence-electron chi connectivity index (χ1n) is 13.5. The smallest absolute Gasteiger partial charge is 0.407 e. The maximum atomic E-state index is 12.3. The molecule has 37 heavy (non-hydrogen) atoms. The first kappa shape index (κ1) is 25.3. The summed E-state index contributed by atoms with van der Waals surface area (Å²) in [5.74, 6) is 0.903. The normalized spacial score (nSPS) is 18.2. The molecule has 2 fully saturated rings. The van der Waals surface area contributed by atoms with Crippen molar-refractivity contribution in [1.29, 1.82) is 0 Å². The standard InChI is InChI=1S/C32H38N2O3/c1-37-29-14-12-28(13-15-29)31(17-18-31)24-33-22-19-32(20-23-33,27-10-6-3-7-11-27)25-34(30(35)36)21-16-26-8-4-2-5-9-26/h2-15H,16-25H2,1H3,(H,35,36). The lowest BCUT2D eigenvalue weighted by molar-refractivity contribution is 0.0973. The summed E-state index contributed by atoms with van der Waals surface area (Å²) in [5.41, 5.74) is 3.93. The monoisotopic (exact) mass is 498 g/mol. The average Bonchev–Trinajstić information content (AvgIpc) is 3.73. The Morgan fingerprint density at radius 2 is 1.43 bits per heavy atom. The maximum absolute atomic E-state index is 12.3. The molecule has 5 nitrogen and oxygen atoms in total. The number of carboxylic acid groups (broad SMARTS) is 1. The summed E-state index contributed by atoms with van der Waals surface area (Å²) in [5, 5.41) is 10.1. The van der Waals surface area contributed by atoms with Crippen molar-refractivity contribution in [2.45, 2.75) is 42.9 Å². The Morgan fingerprint density at radius 3 is 2.00 bits per heavy atom. The van der Waals surface area contributed by atoms with Gasteiger partial charge in [0.05, 0.1) is 7.11 Å². The molecule has 1 aliphatic carbocycles. The molecule has 2 aliphatic rings. The van der Waals surface area contributed by atoms with Crippen molar-refractivity contribution in [1.82, 2.24) is 9.80 Å². The Labute approximate surface area is 220 Å². The summed E-state index contributed by atoms with van der Waals surface area (Å²) in [6.45, 7) is 4.09. The minimum atomic E-state index is -0.829. The van der Waals surface area contributed by atoms with Gasteiger partial charge in [0.2, 0.25) is 0 Å². The molecule has 0 atom stereocenters. The van der Waals surface area contributed by atoms with Crippen molar-refractivity contribution in [2.75, 3.05) is 39.8 Å². The fourth-order valence-electron chi connectivity index (χ4n) is 6.05. The summed E-state index contributed by atoms with van der Waals surface area (Å²) in [6, 6.07) is 29.3. The number of amides is 1. The van der Waals surface area contributed by atoms with Crippen molar-refractivity contribution in [3.05, 3.63) is 102 Å². The highest BCUT2D eigenvalue weighted by molar-refractivity contribution is 5.65. The number of benzene rings is 3. The van der Waals surface area contributed by atoms with E-state index >= 15 is 0 Å². The van der Waals surface area contributed by atoms with Crippen molar-refractivity contribution >= 4 is 6.09 Å². The van der Waals surface area contributed by atoms with Crippen molar-refractivity contribution < 1.29 is 14.6 Å². The van der Waals surface area contributed by atoms with Crippen LogP contribution in [0.5, 0.6) is 5.75 Å². The van der Waals surface area contributed by atoms with Crippen molar-refractivity contribution in [2.24, 2.45) is 0 Å². The van der Waals surface area contributed by atoms with Gasteiger partial charge in [0.25, 0.3) is 0 Å². The fourth-order valence-corrected chi connectivity index (χ4v) is 6.05. The van der Waals surface area contributed by atoms with E-state index in [1.807, 2.05) is 24.3 Å². The number of ether oxygens (including phenoxy) is 1. The summed E-state index contributed by atoms with van der Waals surface area (Å²) >= 11 is 0. The first-order valence-corrected chi connectivity index (χ1v) is 13.5. The molecule has 1 saturated carbocycles. The number of nitrogens with zero attached hydrogens (tertiary/aromatic N) is 2. The minimum absolute atomic E-state index is 0.163. The number of carbonyl (C=O) groups is 1. The van der Waals surface area contributed by atoms with Crippen LogP contribution in [-0.2, 0) is 17.3 Å². The van der Waals surface area contributed by atoms with Gasteiger partial charge in [-0.2, -0.15) is 0 Å². The predicted molar refractivity (Wildman–Crippen MR) is 147 cm³/mol. The number of hydrogen-bond donors (Lipinski definition) is 1. The highest BCUT2D eigenvalue weighted by Gasteiger charge is 2.47. The van der Waals surface area contributed by atoms with E-state index in [-0.39, 0.29) is 10.8 Å². The third kappa shape index (κ3) is 5.83. The molecule has 5 rings (SSSR count). The van der Waals surface area contributed by atoms with Gasteiger partial charge in [-0.15, -0.1) is 0 Å². The van der Waals surface area contributed by atoms with Crippen LogP contribution in [0.2, 0.25) is 0 Å². The van der Waals surface area contributed by atoms with Gasteiger partial charge in [-0.25, -0.2) is 4.79 Å². The van der Waals surface area contributed by atoms with Gasteiger partial charge in [0, 0.05) is 30.5 Å². The average molecular weight is 499 g/mol. The molecule has 3 aromatic rings. The van der Waals surface area contributed by atoms with Crippen molar-refractivity contribution in [3.63, 3.8) is 0 Å². The number of methoxy groups -OCH3 is 1. The third-order valence-electron chi connectivity index (χ3n) is 8.56. The largest absolute Gasteiger partial charge is 0.497 e. The second-order valence-corrected chi connectivity index (χ2v) is 10.9. The van der Waals surface area contributed by atoms with Gasteiger partial charge in [-0.05, 0) is 74.0 Å². The molecule has 0 radical (unpaired) electrons. The quantitative estimate of drug-likeness (QED) is 0.373. The van der Waals surface area contributed by atoms with Crippen LogP contribution in [-0.4, -0.2) is 60.8 Å². The Kier molecular flexibility index (Phi) is 7.52. The van der Waals surface area contributed by atoms with Crippen molar-refractivity contribution in [3.8, 4) is 5.75 Å². The molecular formula is C32H38N2O3. The fraction of sp³-hybridized carbons (Fsp3) is 0.406. The van der Waals surface area contributed by atoms with Crippen LogP contribution >= 0.6 is 0 Å². The number of hydrogen-bond acceptors (Lipinski definition) is 3. The molecule has 0 unspecified atom stereocenters. The van der Waals surface area contributed by atoms with Crippen LogP contribution in [0.25, 0.3) is 0 Å². The summed E-state index contributed by atoms with van der Waals surface area (Å²) < 4.78 is 5.35. The predicted octanol–water partition coefficient (Wildman–Crippen LogP) is 5.98. The molecule has 5 heteroatoms. The lowest BCUT2D eigenvalue weighted by Crippen LogP contribution is -2.51. The molecule has 1 aliphatic heterocycles. The van der Waals surface area contributed by atoms with E-state index in [0.29, 0.717) is 13.1 Å². The van der Waals surface area contributed by atoms with Crippen LogP contribution in [0.4, 0.5) is 4.79 Å². The molecule has 0 aromatic heterocycles. The Balaban J connectivity index is 1.28. The molecule has 1 saturated heterocycles. The third-order valence-corrected chi connectivity index (χ3v) is 8.56. The Hall–Kier alpha value is -3.31. The molecule has 1 heterocycles. The Morgan fingerprint density at radius 1 is 0.838 bits per heavy atom. The van der Waals surface area contributed by atoms with E-state index in [1.165, 1.54) is 29.5 Å². The van der Waals surface area contributed by atoms with E-state index in [0.717, 1.165) is 44.6 Å². The maximum Gasteiger partial charge on any atom is 0.407 e. The molecule has 0 spiro atoms. The zero-order valence-electron chi connectivity index (χ0n) is 21.8. The SMILES string of the molecule is COc1ccc(C2(CN3CCC(CN(CCc4ccccc4)C(=O)O)(c4ccccc4)CC3)CC2)cc1. The lowest BCUT2D eigenvalue weighted by atomic mass is 9.72. The van der Waals surface area contributed by atoms with E-state index in [2.05, 4.69) is 65.6 Å². The molecular weight excluding hydrogens is 460 g/mol. The van der Waals surface area contributed by atoms with Crippen LogP contribution in [0.15, 0.2) is 84.9 Å². The second kappa shape index (κ2) is 11.0. The summed E-state index contributed by atoms with van der Waals surface area (Å²) in [7, 11) is 1.71. The van der Waals surface area contributed by atoms with E-state index < -0.39 is 6.09 Å². The van der Waals surface area contributed by atoms with E-state index in [4.69, 9.17) is 4.74 Å². The molecule has 0 bridgehead atoms. The van der Waals surface area contributed by atoms with Gasteiger partial charge in [-0.1, -0.05) is 72.8 Å². The first-order chi connectivity index (χ1) is 18.0. The van der Waals surface area contributed by atoms with Crippen LogP contribution in [0.1, 0.15) is 42.4 Å². The van der Waals surface area contributed by atoms with Gasteiger partial charge in [0.15, 0.2) is 0 Å². The highest BCUT2D eigenvalue weighted by Crippen LogP contribution is 2.50. The minimum Gasteiger partial charge on any atom is -0.497 e. The molecule has 1 N–H and O–H groups in total.